The topological polar surface area (TPSA) is 15.3 Å². The lowest BCUT2D eigenvalue weighted by Crippen LogP contribution is -2.51. The van der Waals surface area contributed by atoms with Crippen LogP contribution in [-0.4, -0.2) is 30.6 Å². The normalized spacial score (nSPS) is 26.1. The van der Waals surface area contributed by atoms with Crippen LogP contribution in [0.5, 0.6) is 0 Å². The molecule has 1 saturated carbocycles. The number of rotatable bonds is 3. The van der Waals surface area contributed by atoms with Crippen molar-refractivity contribution < 1.29 is 0 Å². The fourth-order valence-electron chi connectivity index (χ4n) is 2.73. The molecule has 1 N–H and O–H groups in total. The molecule has 0 aromatic heterocycles. The van der Waals surface area contributed by atoms with Gasteiger partial charge in [-0.2, -0.15) is 0 Å². The first-order valence-electron chi connectivity index (χ1n) is 6.52. The Bertz CT molecular complexity index is 372. The van der Waals surface area contributed by atoms with Gasteiger partial charge in [0.15, 0.2) is 0 Å². The van der Waals surface area contributed by atoms with E-state index in [0.717, 1.165) is 36.6 Å². The van der Waals surface area contributed by atoms with E-state index in [-0.39, 0.29) is 0 Å². The molecule has 1 heterocycles. The molecule has 1 atom stereocenters. The van der Waals surface area contributed by atoms with E-state index in [1.165, 1.54) is 24.9 Å². The molecule has 1 aliphatic carbocycles. The molecule has 0 spiro atoms. The van der Waals surface area contributed by atoms with Gasteiger partial charge in [0.05, 0.1) is 0 Å². The van der Waals surface area contributed by atoms with Crippen molar-refractivity contribution in [3.05, 3.63) is 34.9 Å². The first-order chi connectivity index (χ1) is 8.33. The lowest BCUT2D eigenvalue weighted by molar-refractivity contribution is 0.135. The average Bonchev–Trinajstić information content (AvgIpc) is 3.17. The van der Waals surface area contributed by atoms with Gasteiger partial charge >= 0.3 is 0 Å². The number of benzene rings is 1. The van der Waals surface area contributed by atoms with Gasteiger partial charge in [0, 0.05) is 37.2 Å². The molecule has 1 aliphatic heterocycles. The van der Waals surface area contributed by atoms with Crippen LogP contribution < -0.4 is 5.32 Å². The Morgan fingerprint density at radius 1 is 1.24 bits per heavy atom. The Morgan fingerprint density at radius 2 is 2.00 bits per heavy atom. The number of hydrogen-bond acceptors (Lipinski definition) is 2. The molecule has 1 aromatic rings. The van der Waals surface area contributed by atoms with E-state index in [4.69, 9.17) is 11.6 Å². The SMILES string of the molecule is Clc1ccc(CN2CCNCC2C2CC2)cc1. The molecule has 0 radical (unpaired) electrons. The predicted molar refractivity (Wildman–Crippen MR) is 71.2 cm³/mol. The fraction of sp³-hybridized carbons (Fsp3) is 0.571. The third-order valence-corrected chi connectivity index (χ3v) is 4.12. The molecular formula is C14H19ClN2. The zero-order valence-electron chi connectivity index (χ0n) is 10.0. The summed E-state index contributed by atoms with van der Waals surface area (Å²) in [5.74, 6) is 0.940. The van der Waals surface area contributed by atoms with Gasteiger partial charge in [-0.05, 0) is 36.5 Å². The Balaban J connectivity index is 1.67. The molecule has 2 aliphatic rings. The van der Waals surface area contributed by atoms with Crippen LogP contribution in [0.4, 0.5) is 0 Å². The third kappa shape index (κ3) is 2.82. The summed E-state index contributed by atoms with van der Waals surface area (Å²) in [4.78, 5) is 2.64. The zero-order chi connectivity index (χ0) is 11.7. The van der Waals surface area contributed by atoms with Gasteiger partial charge in [-0.15, -0.1) is 0 Å². The lowest BCUT2D eigenvalue weighted by Gasteiger charge is -2.36. The van der Waals surface area contributed by atoms with Crippen LogP contribution in [0.3, 0.4) is 0 Å². The Morgan fingerprint density at radius 3 is 2.71 bits per heavy atom. The summed E-state index contributed by atoms with van der Waals surface area (Å²) in [5, 5.41) is 4.34. The van der Waals surface area contributed by atoms with Gasteiger partial charge in [-0.1, -0.05) is 23.7 Å². The highest BCUT2D eigenvalue weighted by atomic mass is 35.5. The second-order valence-corrected chi connectivity index (χ2v) is 5.64. The van der Waals surface area contributed by atoms with E-state index in [1.807, 2.05) is 12.1 Å². The van der Waals surface area contributed by atoms with Gasteiger partial charge in [0.25, 0.3) is 0 Å². The van der Waals surface area contributed by atoms with Crippen molar-refractivity contribution in [3.63, 3.8) is 0 Å². The van der Waals surface area contributed by atoms with Crippen molar-refractivity contribution in [1.29, 1.82) is 0 Å². The second kappa shape index (κ2) is 4.97. The summed E-state index contributed by atoms with van der Waals surface area (Å²) in [6.45, 7) is 4.53. The van der Waals surface area contributed by atoms with Crippen molar-refractivity contribution in [3.8, 4) is 0 Å². The van der Waals surface area contributed by atoms with Crippen molar-refractivity contribution >= 4 is 11.6 Å². The van der Waals surface area contributed by atoms with E-state index in [2.05, 4.69) is 22.3 Å². The largest absolute Gasteiger partial charge is 0.314 e. The highest BCUT2D eigenvalue weighted by Crippen LogP contribution is 2.36. The van der Waals surface area contributed by atoms with Gasteiger partial charge in [0.2, 0.25) is 0 Å². The Kier molecular flexibility index (Phi) is 3.37. The zero-order valence-corrected chi connectivity index (χ0v) is 10.8. The van der Waals surface area contributed by atoms with Crippen LogP contribution in [-0.2, 0) is 6.54 Å². The molecule has 2 nitrogen and oxygen atoms in total. The van der Waals surface area contributed by atoms with Crippen molar-refractivity contribution in [2.24, 2.45) is 5.92 Å². The third-order valence-electron chi connectivity index (χ3n) is 3.86. The van der Waals surface area contributed by atoms with E-state index in [0.29, 0.717) is 0 Å². The van der Waals surface area contributed by atoms with Crippen LogP contribution >= 0.6 is 11.6 Å². The summed E-state index contributed by atoms with van der Waals surface area (Å²) in [6, 6.07) is 9.03. The maximum absolute atomic E-state index is 5.92. The minimum atomic E-state index is 0.749. The quantitative estimate of drug-likeness (QED) is 0.887. The molecule has 92 valence electrons. The van der Waals surface area contributed by atoms with Crippen molar-refractivity contribution in [2.75, 3.05) is 19.6 Å². The summed E-state index contributed by atoms with van der Waals surface area (Å²) in [6.07, 6.45) is 2.84. The molecule has 1 aromatic carbocycles. The molecule has 3 heteroatoms. The van der Waals surface area contributed by atoms with Crippen molar-refractivity contribution in [2.45, 2.75) is 25.4 Å². The molecule has 1 unspecified atom stereocenters. The maximum Gasteiger partial charge on any atom is 0.0406 e. The van der Waals surface area contributed by atoms with Gasteiger partial charge < -0.3 is 5.32 Å². The highest BCUT2D eigenvalue weighted by Gasteiger charge is 2.36. The maximum atomic E-state index is 5.92. The van der Waals surface area contributed by atoms with Crippen LogP contribution in [0.1, 0.15) is 18.4 Å². The number of halogens is 1. The summed E-state index contributed by atoms with van der Waals surface area (Å²) in [7, 11) is 0. The van der Waals surface area contributed by atoms with Crippen molar-refractivity contribution in [1.82, 2.24) is 10.2 Å². The van der Waals surface area contributed by atoms with E-state index in [9.17, 15) is 0 Å². The Labute approximate surface area is 108 Å². The van der Waals surface area contributed by atoms with Crippen LogP contribution in [0.2, 0.25) is 5.02 Å². The lowest BCUT2D eigenvalue weighted by atomic mass is 10.1. The smallest absolute Gasteiger partial charge is 0.0406 e. The first kappa shape index (κ1) is 11.5. The standard InChI is InChI=1S/C14H19ClN2/c15-13-5-1-11(2-6-13)10-17-8-7-16-9-14(17)12-3-4-12/h1-2,5-6,12,14,16H,3-4,7-10H2. The van der Waals surface area contributed by atoms with E-state index >= 15 is 0 Å². The number of hydrogen-bond donors (Lipinski definition) is 1. The van der Waals surface area contributed by atoms with E-state index in [1.54, 1.807) is 0 Å². The molecule has 1 saturated heterocycles. The summed E-state index contributed by atoms with van der Waals surface area (Å²) >= 11 is 5.92. The first-order valence-corrected chi connectivity index (χ1v) is 6.90. The molecular weight excluding hydrogens is 232 g/mol. The molecule has 0 amide bonds. The van der Waals surface area contributed by atoms with Crippen LogP contribution in [0.15, 0.2) is 24.3 Å². The average molecular weight is 251 g/mol. The van der Waals surface area contributed by atoms with Gasteiger partial charge in [-0.25, -0.2) is 0 Å². The fourth-order valence-corrected chi connectivity index (χ4v) is 2.86. The highest BCUT2D eigenvalue weighted by molar-refractivity contribution is 6.30. The minimum absolute atomic E-state index is 0.749. The van der Waals surface area contributed by atoms with E-state index < -0.39 is 0 Å². The summed E-state index contributed by atoms with van der Waals surface area (Å²) in [5.41, 5.74) is 1.38. The number of piperazine rings is 1. The minimum Gasteiger partial charge on any atom is -0.314 e. The van der Waals surface area contributed by atoms with Gasteiger partial charge in [-0.3, -0.25) is 4.90 Å². The number of nitrogens with zero attached hydrogens (tertiary/aromatic N) is 1. The number of nitrogens with one attached hydrogen (secondary N) is 1. The monoisotopic (exact) mass is 250 g/mol. The summed E-state index contributed by atoms with van der Waals surface area (Å²) < 4.78 is 0. The molecule has 2 fully saturated rings. The van der Waals surface area contributed by atoms with Crippen LogP contribution in [0, 0.1) is 5.92 Å². The molecule has 17 heavy (non-hydrogen) atoms. The van der Waals surface area contributed by atoms with Crippen LogP contribution in [0.25, 0.3) is 0 Å². The Hall–Kier alpha value is -0.570. The second-order valence-electron chi connectivity index (χ2n) is 5.21. The van der Waals surface area contributed by atoms with Gasteiger partial charge in [0.1, 0.15) is 0 Å². The molecule has 0 bridgehead atoms. The molecule has 3 rings (SSSR count). The predicted octanol–water partition coefficient (Wildman–Crippen LogP) is 2.52.